The van der Waals surface area contributed by atoms with Gasteiger partial charge in [-0.3, -0.25) is 4.79 Å². The lowest BCUT2D eigenvalue weighted by atomic mass is 10.0. The molecule has 26 heavy (non-hydrogen) atoms. The normalized spacial score (nSPS) is 17.2. The first kappa shape index (κ1) is 18.3. The minimum Gasteiger partial charge on any atom is -0.353 e. The average molecular weight is 356 g/mol. The third kappa shape index (κ3) is 4.00. The molecule has 2 aromatic rings. The van der Waals surface area contributed by atoms with Gasteiger partial charge in [-0.15, -0.1) is 0 Å². The van der Waals surface area contributed by atoms with Crippen molar-refractivity contribution in [2.24, 2.45) is 0 Å². The number of nitrogens with one attached hydrogen (secondary N) is 1. The first-order valence-electron chi connectivity index (χ1n) is 9.28. The Kier molecular flexibility index (Phi) is 5.81. The number of rotatable bonds is 5. The van der Waals surface area contributed by atoms with Gasteiger partial charge in [0.15, 0.2) is 5.82 Å². The lowest BCUT2D eigenvalue weighted by Gasteiger charge is -2.35. The molecule has 2 heterocycles. The molecule has 1 amide bonds. The third-order valence-electron chi connectivity index (χ3n) is 4.73. The topological polar surface area (TPSA) is 58.1 Å². The Bertz CT molecular complexity index is 763. The van der Waals surface area contributed by atoms with E-state index < -0.39 is 0 Å². The van der Waals surface area contributed by atoms with E-state index in [4.69, 9.17) is 4.98 Å². The van der Waals surface area contributed by atoms with E-state index in [0.717, 1.165) is 31.4 Å². The number of piperidine rings is 1. The number of amides is 1. The molecule has 1 aromatic heterocycles. The summed E-state index contributed by atoms with van der Waals surface area (Å²) in [6, 6.07) is 6.42. The number of carbonyl (C=O) groups is 1. The van der Waals surface area contributed by atoms with Gasteiger partial charge in [-0.1, -0.05) is 6.92 Å². The van der Waals surface area contributed by atoms with Crippen LogP contribution in [0.1, 0.15) is 49.9 Å². The van der Waals surface area contributed by atoms with Gasteiger partial charge < -0.3 is 10.2 Å². The predicted octanol–water partition coefficient (Wildman–Crippen LogP) is 3.80. The third-order valence-corrected chi connectivity index (χ3v) is 4.73. The fourth-order valence-electron chi connectivity index (χ4n) is 3.24. The van der Waals surface area contributed by atoms with Crippen molar-refractivity contribution in [2.75, 3.05) is 18.0 Å². The molecule has 1 N–H and O–H groups in total. The van der Waals surface area contributed by atoms with Crippen LogP contribution in [0.25, 0.3) is 11.4 Å². The molecule has 1 aromatic carbocycles. The Balaban J connectivity index is 2.01. The number of hydrogen-bond acceptors (Lipinski definition) is 4. The standard InChI is InChI=1S/C20H25FN4O/c1-3-11-22-20(26)17-13-23-18(15-7-9-16(21)10-8-15)24-19(17)25-12-5-4-6-14(25)2/h7-10,13-14H,3-6,11-12H2,1-2H3,(H,22,26)/t14-/m1/s1. The second-order valence-electron chi connectivity index (χ2n) is 6.73. The molecule has 1 saturated heterocycles. The Morgan fingerprint density at radius 2 is 2.08 bits per heavy atom. The van der Waals surface area contributed by atoms with Crippen LogP contribution in [0.4, 0.5) is 10.2 Å². The molecule has 1 fully saturated rings. The van der Waals surface area contributed by atoms with Crippen molar-refractivity contribution in [1.82, 2.24) is 15.3 Å². The second-order valence-corrected chi connectivity index (χ2v) is 6.73. The first-order valence-corrected chi connectivity index (χ1v) is 9.28. The molecule has 3 rings (SSSR count). The maximum atomic E-state index is 13.2. The van der Waals surface area contributed by atoms with E-state index in [-0.39, 0.29) is 11.7 Å². The summed E-state index contributed by atoms with van der Waals surface area (Å²) in [4.78, 5) is 23.9. The van der Waals surface area contributed by atoms with E-state index in [2.05, 4.69) is 22.1 Å². The van der Waals surface area contributed by atoms with E-state index in [1.165, 1.54) is 18.6 Å². The van der Waals surface area contributed by atoms with Gasteiger partial charge >= 0.3 is 0 Å². The molecular weight excluding hydrogens is 331 g/mol. The van der Waals surface area contributed by atoms with Crippen LogP contribution < -0.4 is 10.2 Å². The highest BCUT2D eigenvalue weighted by Crippen LogP contribution is 2.28. The molecule has 0 unspecified atom stereocenters. The van der Waals surface area contributed by atoms with Gasteiger partial charge in [0.1, 0.15) is 17.2 Å². The molecule has 0 bridgehead atoms. The fraction of sp³-hybridized carbons (Fsp3) is 0.450. The van der Waals surface area contributed by atoms with Crippen LogP contribution in [0.5, 0.6) is 0 Å². The van der Waals surface area contributed by atoms with E-state index in [9.17, 15) is 9.18 Å². The Hall–Kier alpha value is -2.50. The van der Waals surface area contributed by atoms with Crippen molar-refractivity contribution < 1.29 is 9.18 Å². The van der Waals surface area contributed by atoms with Crippen LogP contribution in [0, 0.1) is 5.82 Å². The zero-order chi connectivity index (χ0) is 18.5. The molecule has 1 atom stereocenters. The van der Waals surface area contributed by atoms with Crippen LogP contribution in [0.15, 0.2) is 30.5 Å². The van der Waals surface area contributed by atoms with E-state index in [0.29, 0.717) is 29.8 Å². The molecule has 0 radical (unpaired) electrons. The minimum atomic E-state index is -0.297. The van der Waals surface area contributed by atoms with Gasteiger partial charge in [0.05, 0.1) is 0 Å². The zero-order valence-electron chi connectivity index (χ0n) is 15.3. The Labute approximate surface area is 153 Å². The van der Waals surface area contributed by atoms with Gasteiger partial charge in [0, 0.05) is 30.9 Å². The van der Waals surface area contributed by atoms with E-state index >= 15 is 0 Å². The largest absolute Gasteiger partial charge is 0.353 e. The Morgan fingerprint density at radius 3 is 2.77 bits per heavy atom. The summed E-state index contributed by atoms with van der Waals surface area (Å²) in [5, 5.41) is 2.91. The van der Waals surface area contributed by atoms with Crippen molar-refractivity contribution in [2.45, 2.75) is 45.6 Å². The van der Waals surface area contributed by atoms with Gasteiger partial charge in [-0.05, 0) is 56.9 Å². The number of nitrogens with zero attached hydrogens (tertiary/aromatic N) is 3. The lowest BCUT2D eigenvalue weighted by Crippen LogP contribution is -2.40. The predicted molar refractivity (Wildman–Crippen MR) is 101 cm³/mol. The van der Waals surface area contributed by atoms with Crippen molar-refractivity contribution in [3.63, 3.8) is 0 Å². The van der Waals surface area contributed by atoms with Crippen molar-refractivity contribution in [1.29, 1.82) is 0 Å². The summed E-state index contributed by atoms with van der Waals surface area (Å²) in [6.07, 6.45) is 5.80. The number of aromatic nitrogens is 2. The quantitative estimate of drug-likeness (QED) is 0.885. The highest BCUT2D eigenvalue weighted by molar-refractivity contribution is 5.99. The number of hydrogen-bond donors (Lipinski definition) is 1. The molecule has 1 aliphatic rings. The smallest absolute Gasteiger partial charge is 0.256 e. The SMILES string of the molecule is CCCNC(=O)c1cnc(-c2ccc(F)cc2)nc1N1CCCC[C@H]1C. The molecule has 0 aliphatic carbocycles. The average Bonchev–Trinajstić information content (AvgIpc) is 2.66. The summed E-state index contributed by atoms with van der Waals surface area (Å²) >= 11 is 0. The summed E-state index contributed by atoms with van der Waals surface area (Å²) in [5.41, 5.74) is 1.23. The first-order chi connectivity index (χ1) is 12.6. The van der Waals surface area contributed by atoms with Crippen LogP contribution in [-0.2, 0) is 0 Å². The van der Waals surface area contributed by atoms with Gasteiger partial charge in [0.25, 0.3) is 5.91 Å². The minimum absolute atomic E-state index is 0.148. The number of anilines is 1. The molecular formula is C20H25FN4O. The van der Waals surface area contributed by atoms with Crippen LogP contribution in [-0.4, -0.2) is 35.0 Å². The monoisotopic (exact) mass is 356 g/mol. The van der Waals surface area contributed by atoms with Gasteiger partial charge in [-0.2, -0.15) is 0 Å². The molecule has 5 nitrogen and oxygen atoms in total. The van der Waals surface area contributed by atoms with Crippen LogP contribution in [0.3, 0.4) is 0 Å². The van der Waals surface area contributed by atoms with E-state index in [1.807, 2.05) is 6.92 Å². The fourth-order valence-corrected chi connectivity index (χ4v) is 3.24. The highest BCUT2D eigenvalue weighted by atomic mass is 19.1. The maximum absolute atomic E-state index is 13.2. The van der Waals surface area contributed by atoms with Crippen LogP contribution in [0.2, 0.25) is 0 Å². The molecule has 0 saturated carbocycles. The van der Waals surface area contributed by atoms with Gasteiger partial charge in [0.2, 0.25) is 0 Å². The molecule has 1 aliphatic heterocycles. The number of benzene rings is 1. The summed E-state index contributed by atoms with van der Waals surface area (Å²) < 4.78 is 13.2. The summed E-state index contributed by atoms with van der Waals surface area (Å²) in [5.74, 6) is 0.726. The second kappa shape index (κ2) is 8.25. The van der Waals surface area contributed by atoms with Crippen molar-refractivity contribution >= 4 is 11.7 Å². The molecule has 6 heteroatoms. The zero-order valence-corrected chi connectivity index (χ0v) is 15.3. The van der Waals surface area contributed by atoms with Crippen molar-refractivity contribution in [3.05, 3.63) is 41.8 Å². The highest BCUT2D eigenvalue weighted by Gasteiger charge is 2.25. The summed E-state index contributed by atoms with van der Waals surface area (Å²) in [7, 11) is 0. The van der Waals surface area contributed by atoms with Crippen LogP contribution >= 0.6 is 0 Å². The van der Waals surface area contributed by atoms with Crippen molar-refractivity contribution in [3.8, 4) is 11.4 Å². The molecule has 138 valence electrons. The van der Waals surface area contributed by atoms with E-state index in [1.54, 1.807) is 18.3 Å². The Morgan fingerprint density at radius 1 is 1.31 bits per heavy atom. The van der Waals surface area contributed by atoms with Gasteiger partial charge in [-0.25, -0.2) is 14.4 Å². The number of halogens is 1. The lowest BCUT2D eigenvalue weighted by molar-refractivity contribution is 0.0953. The maximum Gasteiger partial charge on any atom is 0.256 e. The number of carbonyl (C=O) groups excluding carboxylic acids is 1. The molecule has 0 spiro atoms. The summed E-state index contributed by atoms with van der Waals surface area (Å²) in [6.45, 7) is 5.66.